The Morgan fingerprint density at radius 2 is 1.59 bits per heavy atom. The smallest absolute Gasteiger partial charge is 0.258 e. The van der Waals surface area contributed by atoms with Gasteiger partial charge in [0.25, 0.3) is 5.91 Å². The average Bonchev–Trinajstić information content (AvgIpc) is 2.86. The molecule has 0 saturated carbocycles. The second kappa shape index (κ2) is 10.8. The number of carbonyl (C=O) groups is 1. The van der Waals surface area contributed by atoms with Crippen LogP contribution >= 0.6 is 0 Å². The Morgan fingerprint density at radius 1 is 0.971 bits per heavy atom. The molecule has 1 aliphatic rings. The van der Waals surface area contributed by atoms with Crippen molar-refractivity contribution in [3.05, 3.63) is 95.3 Å². The maximum absolute atomic E-state index is 13.6. The fourth-order valence-electron chi connectivity index (χ4n) is 4.57. The first kappa shape index (κ1) is 24.0. The molecule has 5 heteroatoms. The molecule has 0 N–H and O–H groups in total. The van der Waals surface area contributed by atoms with E-state index in [2.05, 4.69) is 43.0 Å². The molecule has 178 valence electrons. The van der Waals surface area contributed by atoms with Gasteiger partial charge in [-0.15, -0.1) is 0 Å². The van der Waals surface area contributed by atoms with E-state index in [0.29, 0.717) is 17.2 Å². The van der Waals surface area contributed by atoms with Gasteiger partial charge in [0.15, 0.2) is 0 Å². The number of amides is 1. The summed E-state index contributed by atoms with van der Waals surface area (Å²) in [4.78, 5) is 17.9. The van der Waals surface area contributed by atoms with Crippen molar-refractivity contribution in [3.63, 3.8) is 0 Å². The Balaban J connectivity index is 1.47. The van der Waals surface area contributed by atoms with Crippen LogP contribution in [0.2, 0.25) is 0 Å². The van der Waals surface area contributed by atoms with Crippen LogP contribution < -0.4 is 9.64 Å². The molecule has 34 heavy (non-hydrogen) atoms. The molecule has 1 fully saturated rings. The summed E-state index contributed by atoms with van der Waals surface area (Å²) in [5, 5.41) is 0. The van der Waals surface area contributed by atoms with Crippen LogP contribution in [0.25, 0.3) is 0 Å². The Labute approximate surface area is 202 Å². The number of methoxy groups -OCH3 is 1. The Kier molecular flexibility index (Phi) is 7.63. The number of halogens is 1. The van der Waals surface area contributed by atoms with Crippen molar-refractivity contribution >= 4 is 11.6 Å². The highest BCUT2D eigenvalue weighted by Gasteiger charge is 2.30. The average molecular weight is 461 g/mol. The number of benzene rings is 3. The molecule has 4 rings (SSSR count). The number of piperidine rings is 1. The molecule has 0 aliphatic carbocycles. The summed E-state index contributed by atoms with van der Waals surface area (Å²) in [6.45, 7) is 7.14. The standard InChI is InChI=1S/C29H33FN2O2/c1-21(2)23-6-4-22(5-7-23)20-31-18-16-27(17-19-31)32(26-12-10-25(30)11-13-26)29(33)24-8-14-28(34-3)15-9-24/h4-15,21,27H,16-20H2,1-3H3. The summed E-state index contributed by atoms with van der Waals surface area (Å²) in [5.41, 5.74) is 3.99. The minimum absolute atomic E-state index is 0.0552. The maximum atomic E-state index is 13.6. The van der Waals surface area contributed by atoms with Gasteiger partial charge in [-0.2, -0.15) is 0 Å². The molecule has 0 atom stereocenters. The van der Waals surface area contributed by atoms with E-state index in [1.54, 1.807) is 43.5 Å². The molecule has 0 bridgehead atoms. The molecule has 1 heterocycles. The van der Waals surface area contributed by atoms with E-state index in [1.165, 1.54) is 23.3 Å². The molecule has 0 aromatic heterocycles. The van der Waals surface area contributed by atoms with Gasteiger partial charge in [0, 0.05) is 36.9 Å². The lowest BCUT2D eigenvalue weighted by molar-refractivity contribution is 0.0958. The Morgan fingerprint density at radius 3 is 2.15 bits per heavy atom. The van der Waals surface area contributed by atoms with Gasteiger partial charge < -0.3 is 9.64 Å². The first-order valence-corrected chi connectivity index (χ1v) is 12.0. The van der Waals surface area contributed by atoms with Gasteiger partial charge in [0.2, 0.25) is 0 Å². The molecule has 1 saturated heterocycles. The third-order valence-electron chi connectivity index (χ3n) is 6.64. The fraction of sp³-hybridized carbons (Fsp3) is 0.345. The van der Waals surface area contributed by atoms with E-state index in [-0.39, 0.29) is 17.8 Å². The first-order chi connectivity index (χ1) is 16.4. The zero-order valence-corrected chi connectivity index (χ0v) is 20.2. The van der Waals surface area contributed by atoms with Crippen molar-refractivity contribution in [2.75, 3.05) is 25.1 Å². The highest BCUT2D eigenvalue weighted by molar-refractivity contribution is 6.06. The van der Waals surface area contributed by atoms with Crippen LogP contribution in [0.15, 0.2) is 72.8 Å². The largest absolute Gasteiger partial charge is 0.497 e. The predicted molar refractivity (Wildman–Crippen MR) is 135 cm³/mol. The summed E-state index contributed by atoms with van der Waals surface area (Å²) in [6, 6.07) is 22.3. The summed E-state index contributed by atoms with van der Waals surface area (Å²) in [6.07, 6.45) is 1.73. The SMILES string of the molecule is COc1ccc(C(=O)N(c2ccc(F)cc2)C2CCN(Cc3ccc(C(C)C)cc3)CC2)cc1. The lowest BCUT2D eigenvalue weighted by atomic mass is 9.99. The number of hydrogen-bond acceptors (Lipinski definition) is 3. The molecular weight excluding hydrogens is 427 g/mol. The van der Waals surface area contributed by atoms with E-state index in [4.69, 9.17) is 4.74 Å². The van der Waals surface area contributed by atoms with Gasteiger partial charge in [-0.05, 0) is 78.4 Å². The van der Waals surface area contributed by atoms with Crippen LogP contribution in [-0.4, -0.2) is 37.0 Å². The summed E-state index contributed by atoms with van der Waals surface area (Å²) in [7, 11) is 1.61. The van der Waals surface area contributed by atoms with E-state index in [0.717, 1.165) is 38.2 Å². The quantitative estimate of drug-likeness (QED) is 0.417. The minimum atomic E-state index is -0.307. The third kappa shape index (κ3) is 5.65. The van der Waals surface area contributed by atoms with Gasteiger partial charge in [-0.3, -0.25) is 9.69 Å². The zero-order valence-electron chi connectivity index (χ0n) is 20.2. The lowest BCUT2D eigenvalue weighted by Crippen LogP contribution is -2.47. The number of likely N-dealkylation sites (tertiary alicyclic amines) is 1. The normalized spacial score (nSPS) is 14.9. The highest BCUT2D eigenvalue weighted by Crippen LogP contribution is 2.28. The van der Waals surface area contributed by atoms with Crippen molar-refractivity contribution in [1.82, 2.24) is 4.90 Å². The number of nitrogens with zero attached hydrogens (tertiary/aromatic N) is 2. The van der Waals surface area contributed by atoms with Crippen LogP contribution in [-0.2, 0) is 6.54 Å². The number of rotatable bonds is 7. The fourth-order valence-corrected chi connectivity index (χ4v) is 4.57. The molecule has 3 aromatic carbocycles. The topological polar surface area (TPSA) is 32.8 Å². The number of hydrogen-bond donors (Lipinski definition) is 0. The van der Waals surface area contributed by atoms with Crippen molar-refractivity contribution in [3.8, 4) is 5.75 Å². The molecule has 0 radical (unpaired) electrons. The van der Waals surface area contributed by atoms with Crippen molar-refractivity contribution in [2.24, 2.45) is 0 Å². The Hall–Kier alpha value is -3.18. The molecular formula is C29H33FN2O2. The van der Waals surface area contributed by atoms with Crippen LogP contribution in [0.3, 0.4) is 0 Å². The van der Waals surface area contributed by atoms with Crippen molar-refractivity contribution in [1.29, 1.82) is 0 Å². The van der Waals surface area contributed by atoms with Crippen LogP contribution in [0.5, 0.6) is 5.75 Å². The third-order valence-corrected chi connectivity index (χ3v) is 6.64. The molecule has 1 aliphatic heterocycles. The molecule has 0 spiro atoms. The molecule has 1 amide bonds. The van der Waals surface area contributed by atoms with Crippen LogP contribution in [0.1, 0.15) is 54.1 Å². The van der Waals surface area contributed by atoms with E-state index in [9.17, 15) is 9.18 Å². The van der Waals surface area contributed by atoms with Crippen LogP contribution in [0.4, 0.5) is 10.1 Å². The maximum Gasteiger partial charge on any atom is 0.258 e. The second-order valence-corrected chi connectivity index (χ2v) is 9.28. The van der Waals surface area contributed by atoms with Crippen molar-refractivity contribution in [2.45, 2.75) is 45.2 Å². The van der Waals surface area contributed by atoms with Gasteiger partial charge in [0.1, 0.15) is 11.6 Å². The highest BCUT2D eigenvalue weighted by atomic mass is 19.1. The molecule has 3 aromatic rings. The number of ether oxygens (including phenoxy) is 1. The summed E-state index contributed by atoms with van der Waals surface area (Å²) < 4.78 is 18.8. The summed E-state index contributed by atoms with van der Waals surface area (Å²) in [5.74, 6) is 0.862. The van der Waals surface area contributed by atoms with E-state index < -0.39 is 0 Å². The molecule has 4 nitrogen and oxygen atoms in total. The predicted octanol–water partition coefficient (Wildman–Crippen LogP) is 6.27. The van der Waals surface area contributed by atoms with Crippen LogP contribution in [0, 0.1) is 5.82 Å². The van der Waals surface area contributed by atoms with E-state index in [1.807, 2.05) is 4.90 Å². The van der Waals surface area contributed by atoms with E-state index >= 15 is 0 Å². The van der Waals surface area contributed by atoms with Gasteiger partial charge in [0.05, 0.1) is 7.11 Å². The van der Waals surface area contributed by atoms with Gasteiger partial charge in [-0.1, -0.05) is 38.1 Å². The monoisotopic (exact) mass is 460 g/mol. The van der Waals surface area contributed by atoms with Crippen molar-refractivity contribution < 1.29 is 13.9 Å². The lowest BCUT2D eigenvalue weighted by Gasteiger charge is -2.38. The second-order valence-electron chi connectivity index (χ2n) is 9.28. The zero-order chi connectivity index (χ0) is 24.1. The van der Waals surface area contributed by atoms with Gasteiger partial charge >= 0.3 is 0 Å². The van der Waals surface area contributed by atoms with Gasteiger partial charge in [-0.25, -0.2) is 4.39 Å². The summed E-state index contributed by atoms with van der Waals surface area (Å²) >= 11 is 0. The Bertz CT molecular complexity index is 1070. The molecule has 0 unspecified atom stereocenters. The number of carbonyl (C=O) groups excluding carboxylic acids is 1. The minimum Gasteiger partial charge on any atom is -0.497 e. The first-order valence-electron chi connectivity index (χ1n) is 12.0. The number of anilines is 1.